The van der Waals surface area contributed by atoms with Crippen LogP contribution >= 0.6 is 12.4 Å². The first-order chi connectivity index (χ1) is 11.5. The summed E-state index contributed by atoms with van der Waals surface area (Å²) < 4.78 is 40.2. The van der Waals surface area contributed by atoms with Gasteiger partial charge in [-0.3, -0.25) is 4.68 Å². The molecule has 3 heterocycles. The Balaban J connectivity index is 0.00000225. The highest BCUT2D eigenvalue weighted by molar-refractivity contribution is 7.89. The fourth-order valence-corrected chi connectivity index (χ4v) is 4.46. The van der Waals surface area contributed by atoms with Gasteiger partial charge in [-0.25, -0.2) is 13.1 Å². The molecule has 3 rings (SSSR count). The molecule has 2 aliphatic heterocycles. The molecule has 0 saturated carbocycles. The number of aromatic nitrogens is 2. The van der Waals surface area contributed by atoms with Gasteiger partial charge < -0.3 is 14.8 Å². The number of nitrogens with one attached hydrogen (secondary N) is 2. The smallest absolute Gasteiger partial charge is 0.243 e. The molecule has 2 aliphatic rings. The Kier molecular flexibility index (Phi) is 7.24. The number of sulfonamides is 1. The topological polar surface area (TPSA) is 94.5 Å². The quantitative estimate of drug-likeness (QED) is 0.707. The van der Waals surface area contributed by atoms with Crippen LogP contribution in [0.3, 0.4) is 0 Å². The Morgan fingerprint density at radius 3 is 2.88 bits per heavy atom. The van der Waals surface area contributed by atoms with Crippen LogP contribution < -0.4 is 10.0 Å². The SMILES string of the molecule is COCC1(CNS(=O)(=O)c2cnn(C3CCOCC3)c2)CCCN1.Cl. The summed E-state index contributed by atoms with van der Waals surface area (Å²) >= 11 is 0. The first-order valence-electron chi connectivity index (χ1n) is 8.40. The Morgan fingerprint density at radius 1 is 1.48 bits per heavy atom. The van der Waals surface area contributed by atoms with Gasteiger partial charge in [0.05, 0.1) is 24.4 Å². The molecule has 2 N–H and O–H groups in total. The van der Waals surface area contributed by atoms with E-state index in [-0.39, 0.29) is 28.9 Å². The fourth-order valence-electron chi connectivity index (χ4n) is 3.40. The summed E-state index contributed by atoms with van der Waals surface area (Å²) in [7, 11) is -1.95. The second kappa shape index (κ2) is 8.79. The zero-order valence-electron chi connectivity index (χ0n) is 14.4. The number of rotatable bonds is 7. The maximum absolute atomic E-state index is 12.6. The zero-order chi connectivity index (χ0) is 17.0. The van der Waals surface area contributed by atoms with Crippen molar-refractivity contribution in [1.82, 2.24) is 19.8 Å². The number of halogens is 1. The molecule has 144 valence electrons. The monoisotopic (exact) mass is 394 g/mol. The average molecular weight is 395 g/mol. The van der Waals surface area contributed by atoms with Crippen LogP contribution in [0.1, 0.15) is 31.7 Å². The predicted molar refractivity (Wildman–Crippen MR) is 95.6 cm³/mol. The first kappa shape index (κ1) is 20.6. The summed E-state index contributed by atoms with van der Waals surface area (Å²) in [6.45, 7) is 3.06. The average Bonchev–Trinajstić information content (AvgIpc) is 3.25. The molecule has 0 aromatic carbocycles. The first-order valence-corrected chi connectivity index (χ1v) is 9.89. The van der Waals surface area contributed by atoms with Crippen LogP contribution in [0, 0.1) is 0 Å². The minimum absolute atomic E-state index is 0. The Labute approximate surface area is 155 Å². The van der Waals surface area contributed by atoms with E-state index in [1.807, 2.05) is 0 Å². The van der Waals surface area contributed by atoms with Crippen LogP contribution in [0.2, 0.25) is 0 Å². The molecule has 1 unspecified atom stereocenters. The van der Waals surface area contributed by atoms with E-state index in [1.165, 1.54) is 6.20 Å². The molecular weight excluding hydrogens is 368 g/mol. The van der Waals surface area contributed by atoms with E-state index < -0.39 is 10.0 Å². The van der Waals surface area contributed by atoms with Gasteiger partial charge in [0, 0.05) is 33.1 Å². The lowest BCUT2D eigenvalue weighted by molar-refractivity contribution is 0.0662. The molecular formula is C15H27ClN4O4S. The third-order valence-electron chi connectivity index (χ3n) is 4.81. The predicted octanol–water partition coefficient (Wildman–Crippen LogP) is 0.703. The van der Waals surface area contributed by atoms with Crippen molar-refractivity contribution in [1.29, 1.82) is 0 Å². The van der Waals surface area contributed by atoms with Gasteiger partial charge in [0.25, 0.3) is 0 Å². The van der Waals surface area contributed by atoms with Gasteiger partial charge in [0.1, 0.15) is 4.90 Å². The Hall–Kier alpha value is -0.710. The van der Waals surface area contributed by atoms with Crippen molar-refractivity contribution in [2.75, 3.05) is 40.0 Å². The molecule has 0 aliphatic carbocycles. The molecule has 1 atom stereocenters. The highest BCUT2D eigenvalue weighted by Crippen LogP contribution is 2.22. The van der Waals surface area contributed by atoms with Crippen LogP contribution in [0.25, 0.3) is 0 Å². The third-order valence-corrected chi connectivity index (χ3v) is 6.16. The Morgan fingerprint density at radius 2 is 2.24 bits per heavy atom. The van der Waals surface area contributed by atoms with E-state index in [4.69, 9.17) is 9.47 Å². The van der Waals surface area contributed by atoms with Crippen molar-refractivity contribution in [3.63, 3.8) is 0 Å². The normalized spacial score (nSPS) is 25.0. The number of hydrogen-bond acceptors (Lipinski definition) is 6. The van der Waals surface area contributed by atoms with E-state index in [1.54, 1.807) is 18.0 Å². The van der Waals surface area contributed by atoms with Gasteiger partial charge in [-0.05, 0) is 32.2 Å². The minimum Gasteiger partial charge on any atom is -0.383 e. The van der Waals surface area contributed by atoms with E-state index in [0.29, 0.717) is 26.4 Å². The van der Waals surface area contributed by atoms with E-state index in [2.05, 4.69) is 15.1 Å². The number of methoxy groups -OCH3 is 1. The fraction of sp³-hybridized carbons (Fsp3) is 0.800. The summed E-state index contributed by atoms with van der Waals surface area (Å²) in [6, 6.07) is 0.207. The van der Waals surface area contributed by atoms with Crippen molar-refractivity contribution in [3.8, 4) is 0 Å². The summed E-state index contributed by atoms with van der Waals surface area (Å²) in [6.07, 6.45) is 6.66. The van der Waals surface area contributed by atoms with Gasteiger partial charge >= 0.3 is 0 Å². The number of ether oxygens (including phenoxy) is 2. The molecule has 0 bridgehead atoms. The largest absolute Gasteiger partial charge is 0.383 e. The van der Waals surface area contributed by atoms with E-state index >= 15 is 0 Å². The van der Waals surface area contributed by atoms with Gasteiger partial charge in [0.2, 0.25) is 10.0 Å². The number of hydrogen-bond donors (Lipinski definition) is 2. The standard InChI is InChI=1S/C15H26N4O4S.ClH/c1-22-12-15(5-2-6-16-15)11-18-24(20,21)14-9-17-19(10-14)13-3-7-23-8-4-13;/h9-10,13,16,18H,2-8,11-12H2,1H3;1H. The van der Waals surface area contributed by atoms with Crippen LogP contribution in [0.5, 0.6) is 0 Å². The molecule has 1 aromatic rings. The molecule has 2 saturated heterocycles. The van der Waals surface area contributed by atoms with Crippen molar-refractivity contribution < 1.29 is 17.9 Å². The molecule has 10 heteroatoms. The van der Waals surface area contributed by atoms with Crippen molar-refractivity contribution in [2.24, 2.45) is 0 Å². The lowest BCUT2D eigenvalue weighted by Gasteiger charge is -2.28. The molecule has 2 fully saturated rings. The van der Waals surface area contributed by atoms with Crippen LogP contribution in [0.15, 0.2) is 17.3 Å². The lowest BCUT2D eigenvalue weighted by atomic mass is 9.99. The molecule has 8 nitrogen and oxygen atoms in total. The van der Waals surface area contributed by atoms with E-state index in [9.17, 15) is 8.42 Å². The minimum atomic E-state index is -3.58. The second-order valence-corrected chi connectivity index (χ2v) is 8.33. The van der Waals surface area contributed by atoms with Gasteiger partial charge in [-0.2, -0.15) is 5.10 Å². The molecule has 0 amide bonds. The lowest BCUT2D eigenvalue weighted by Crippen LogP contribution is -2.52. The molecule has 0 radical (unpaired) electrons. The highest BCUT2D eigenvalue weighted by atomic mass is 35.5. The van der Waals surface area contributed by atoms with Crippen molar-refractivity contribution in [2.45, 2.75) is 42.2 Å². The van der Waals surface area contributed by atoms with Crippen molar-refractivity contribution >= 4 is 22.4 Å². The highest BCUT2D eigenvalue weighted by Gasteiger charge is 2.35. The third kappa shape index (κ3) is 4.93. The van der Waals surface area contributed by atoms with Gasteiger partial charge in [-0.1, -0.05) is 0 Å². The number of nitrogens with zero attached hydrogens (tertiary/aromatic N) is 2. The summed E-state index contributed by atoms with van der Waals surface area (Å²) in [5, 5.41) is 7.61. The molecule has 25 heavy (non-hydrogen) atoms. The van der Waals surface area contributed by atoms with Gasteiger partial charge in [0.15, 0.2) is 0 Å². The maximum atomic E-state index is 12.6. The van der Waals surface area contributed by atoms with E-state index in [0.717, 1.165) is 32.2 Å². The Bertz CT molecular complexity index is 640. The van der Waals surface area contributed by atoms with Crippen LogP contribution in [-0.4, -0.2) is 63.8 Å². The zero-order valence-corrected chi connectivity index (χ0v) is 16.1. The van der Waals surface area contributed by atoms with Crippen LogP contribution in [0.4, 0.5) is 0 Å². The maximum Gasteiger partial charge on any atom is 0.243 e. The van der Waals surface area contributed by atoms with Gasteiger partial charge in [-0.15, -0.1) is 12.4 Å². The summed E-state index contributed by atoms with van der Waals surface area (Å²) in [4.78, 5) is 0.208. The molecule has 0 spiro atoms. The summed E-state index contributed by atoms with van der Waals surface area (Å²) in [5.41, 5.74) is -0.321. The van der Waals surface area contributed by atoms with Crippen molar-refractivity contribution in [3.05, 3.63) is 12.4 Å². The second-order valence-electron chi connectivity index (χ2n) is 6.57. The summed E-state index contributed by atoms with van der Waals surface area (Å²) in [5.74, 6) is 0. The molecule has 1 aromatic heterocycles. The van der Waals surface area contributed by atoms with Crippen LogP contribution in [-0.2, 0) is 19.5 Å².